The molecule has 3 aromatic rings. The molecular weight excluding hydrogens is 270 g/mol. The molecule has 0 saturated carbocycles. The Hall–Kier alpha value is -2.13. The van der Waals surface area contributed by atoms with Gasteiger partial charge in [-0.25, -0.2) is 9.97 Å². The van der Waals surface area contributed by atoms with Crippen molar-refractivity contribution in [3.8, 4) is 11.3 Å². The number of hydrogen-bond donors (Lipinski definition) is 1. The molecule has 0 radical (unpaired) electrons. The number of rotatable bonds is 1. The zero-order valence-electron chi connectivity index (χ0n) is 11.4. The molecule has 2 aromatic carbocycles. The van der Waals surface area contributed by atoms with Crippen LogP contribution in [0.3, 0.4) is 0 Å². The molecule has 2 N–H and O–H groups in total. The zero-order chi connectivity index (χ0) is 13.4. The van der Waals surface area contributed by atoms with Gasteiger partial charge in [-0.05, 0) is 36.2 Å². The number of nitrogens with zero attached hydrogens (tertiary/aromatic N) is 2. The van der Waals surface area contributed by atoms with Crippen LogP contribution in [-0.4, -0.2) is 9.97 Å². The molecule has 1 heterocycles. The fourth-order valence-corrected chi connectivity index (χ4v) is 2.44. The van der Waals surface area contributed by atoms with Crippen LogP contribution in [0.1, 0.15) is 11.3 Å². The van der Waals surface area contributed by atoms with Gasteiger partial charge in [-0.15, -0.1) is 12.4 Å². The maximum absolute atomic E-state index is 5.77. The van der Waals surface area contributed by atoms with E-state index in [1.807, 2.05) is 25.1 Å². The normalized spacial score (nSPS) is 10.3. The van der Waals surface area contributed by atoms with E-state index in [9.17, 15) is 0 Å². The summed E-state index contributed by atoms with van der Waals surface area (Å²) in [7, 11) is 0. The highest BCUT2D eigenvalue weighted by molar-refractivity contribution is 5.97. The van der Waals surface area contributed by atoms with Gasteiger partial charge in [0, 0.05) is 11.3 Å². The van der Waals surface area contributed by atoms with Gasteiger partial charge < -0.3 is 5.73 Å². The summed E-state index contributed by atoms with van der Waals surface area (Å²) < 4.78 is 0. The van der Waals surface area contributed by atoms with E-state index in [1.54, 1.807) is 0 Å². The predicted molar refractivity (Wildman–Crippen MR) is 86.1 cm³/mol. The summed E-state index contributed by atoms with van der Waals surface area (Å²) in [5.41, 5.74) is 9.87. The average molecular weight is 286 g/mol. The van der Waals surface area contributed by atoms with Gasteiger partial charge in [-0.3, -0.25) is 0 Å². The molecule has 3 rings (SSSR count). The largest absolute Gasteiger partial charge is 0.368 e. The number of hydrogen-bond acceptors (Lipinski definition) is 3. The molecule has 0 aliphatic rings. The van der Waals surface area contributed by atoms with Crippen molar-refractivity contribution < 1.29 is 0 Å². The molecule has 102 valence electrons. The van der Waals surface area contributed by atoms with Crippen LogP contribution in [0.5, 0.6) is 0 Å². The summed E-state index contributed by atoms with van der Waals surface area (Å²) in [6.45, 7) is 4.03. The Morgan fingerprint density at radius 2 is 1.70 bits per heavy atom. The Morgan fingerprint density at radius 3 is 2.45 bits per heavy atom. The average Bonchev–Trinajstić information content (AvgIpc) is 2.37. The van der Waals surface area contributed by atoms with Crippen molar-refractivity contribution in [1.29, 1.82) is 0 Å². The first-order chi connectivity index (χ1) is 9.15. The minimum absolute atomic E-state index is 0. The second kappa shape index (κ2) is 5.47. The number of benzene rings is 2. The van der Waals surface area contributed by atoms with Gasteiger partial charge >= 0.3 is 0 Å². The van der Waals surface area contributed by atoms with E-state index in [2.05, 4.69) is 41.2 Å². The van der Waals surface area contributed by atoms with E-state index in [0.29, 0.717) is 5.95 Å². The number of anilines is 1. The minimum atomic E-state index is 0. The van der Waals surface area contributed by atoms with Crippen molar-refractivity contribution in [3.63, 3.8) is 0 Å². The third kappa shape index (κ3) is 2.45. The highest BCUT2D eigenvalue weighted by Gasteiger charge is 2.10. The molecule has 20 heavy (non-hydrogen) atoms. The lowest BCUT2D eigenvalue weighted by molar-refractivity contribution is 1.12. The summed E-state index contributed by atoms with van der Waals surface area (Å²) >= 11 is 0. The second-order valence-electron chi connectivity index (χ2n) is 4.73. The van der Waals surface area contributed by atoms with E-state index in [-0.39, 0.29) is 12.4 Å². The topological polar surface area (TPSA) is 51.8 Å². The monoisotopic (exact) mass is 285 g/mol. The maximum atomic E-state index is 5.77. The maximum Gasteiger partial charge on any atom is 0.220 e. The first-order valence-corrected chi connectivity index (χ1v) is 6.25. The summed E-state index contributed by atoms with van der Waals surface area (Å²) in [4.78, 5) is 8.52. The molecule has 3 nitrogen and oxygen atoms in total. The number of nitrogens with two attached hydrogens (primary N) is 1. The van der Waals surface area contributed by atoms with Gasteiger partial charge in [0.2, 0.25) is 5.95 Å². The Morgan fingerprint density at radius 1 is 0.950 bits per heavy atom. The molecule has 0 bridgehead atoms. The highest BCUT2D eigenvalue weighted by Crippen LogP contribution is 2.31. The van der Waals surface area contributed by atoms with E-state index < -0.39 is 0 Å². The Balaban J connectivity index is 0.00000147. The van der Waals surface area contributed by atoms with Crippen molar-refractivity contribution in [2.75, 3.05) is 5.73 Å². The number of aryl methyl sites for hydroxylation is 2. The van der Waals surface area contributed by atoms with Crippen LogP contribution in [0.15, 0.2) is 42.5 Å². The molecule has 0 fully saturated rings. The summed E-state index contributed by atoms with van der Waals surface area (Å²) in [6, 6.07) is 14.5. The molecule has 0 aliphatic heterocycles. The quantitative estimate of drug-likeness (QED) is 0.737. The Kier molecular flexibility index (Phi) is 3.91. The predicted octanol–water partition coefficient (Wildman–Crippen LogP) is 3.92. The van der Waals surface area contributed by atoms with Crippen LogP contribution < -0.4 is 5.73 Å². The van der Waals surface area contributed by atoms with Crippen molar-refractivity contribution in [1.82, 2.24) is 9.97 Å². The SMILES string of the molecule is Cc1cc(-c2c(C)ccc3ccccc23)nc(N)n1.Cl. The van der Waals surface area contributed by atoms with Crippen LogP contribution in [-0.2, 0) is 0 Å². The van der Waals surface area contributed by atoms with E-state index in [0.717, 1.165) is 17.0 Å². The van der Waals surface area contributed by atoms with E-state index in [1.165, 1.54) is 16.3 Å². The number of aromatic nitrogens is 2. The first kappa shape index (κ1) is 14.3. The molecule has 0 aliphatic carbocycles. The van der Waals surface area contributed by atoms with Crippen molar-refractivity contribution in [2.24, 2.45) is 0 Å². The van der Waals surface area contributed by atoms with E-state index in [4.69, 9.17) is 5.73 Å². The molecular formula is C16H16ClN3. The smallest absolute Gasteiger partial charge is 0.220 e. The summed E-state index contributed by atoms with van der Waals surface area (Å²) in [5.74, 6) is 0.322. The van der Waals surface area contributed by atoms with Crippen LogP contribution in [0, 0.1) is 13.8 Å². The minimum Gasteiger partial charge on any atom is -0.368 e. The lowest BCUT2D eigenvalue weighted by atomic mass is 9.97. The lowest BCUT2D eigenvalue weighted by Gasteiger charge is -2.10. The molecule has 0 amide bonds. The standard InChI is InChI=1S/C16H15N3.ClH/c1-10-7-8-12-5-3-4-6-13(12)15(10)14-9-11(2)18-16(17)19-14;/h3-9H,1-2H3,(H2,17,18,19);1H. The Bertz CT molecular complexity index is 749. The van der Waals surface area contributed by atoms with Crippen LogP contribution >= 0.6 is 12.4 Å². The van der Waals surface area contributed by atoms with Crippen molar-refractivity contribution in [3.05, 3.63) is 53.7 Å². The van der Waals surface area contributed by atoms with Crippen molar-refractivity contribution >= 4 is 29.1 Å². The Labute approximate surface area is 124 Å². The number of fused-ring (bicyclic) bond motifs is 1. The van der Waals surface area contributed by atoms with Crippen molar-refractivity contribution in [2.45, 2.75) is 13.8 Å². The second-order valence-corrected chi connectivity index (χ2v) is 4.73. The fraction of sp³-hybridized carbons (Fsp3) is 0.125. The number of halogens is 1. The fourth-order valence-electron chi connectivity index (χ4n) is 2.44. The first-order valence-electron chi connectivity index (χ1n) is 6.25. The molecule has 1 aromatic heterocycles. The van der Waals surface area contributed by atoms with Crippen LogP contribution in [0.2, 0.25) is 0 Å². The van der Waals surface area contributed by atoms with Gasteiger partial charge in [0.15, 0.2) is 0 Å². The highest BCUT2D eigenvalue weighted by atomic mass is 35.5. The molecule has 4 heteroatoms. The van der Waals surface area contributed by atoms with Gasteiger partial charge in [0.25, 0.3) is 0 Å². The van der Waals surface area contributed by atoms with Gasteiger partial charge in [0.1, 0.15) is 0 Å². The van der Waals surface area contributed by atoms with Gasteiger partial charge in [-0.1, -0.05) is 36.4 Å². The van der Waals surface area contributed by atoms with Crippen LogP contribution in [0.25, 0.3) is 22.0 Å². The molecule has 0 saturated heterocycles. The lowest BCUT2D eigenvalue weighted by Crippen LogP contribution is -1.99. The van der Waals surface area contributed by atoms with E-state index >= 15 is 0 Å². The number of nitrogen functional groups attached to an aromatic ring is 1. The van der Waals surface area contributed by atoms with Crippen LogP contribution in [0.4, 0.5) is 5.95 Å². The summed E-state index contributed by atoms with van der Waals surface area (Å²) in [5, 5.41) is 2.40. The molecule has 0 atom stereocenters. The molecule has 0 spiro atoms. The molecule has 0 unspecified atom stereocenters. The third-order valence-corrected chi connectivity index (χ3v) is 3.27. The third-order valence-electron chi connectivity index (χ3n) is 3.27. The summed E-state index contributed by atoms with van der Waals surface area (Å²) in [6.07, 6.45) is 0. The van der Waals surface area contributed by atoms with Gasteiger partial charge in [-0.2, -0.15) is 0 Å². The van der Waals surface area contributed by atoms with Gasteiger partial charge in [0.05, 0.1) is 5.69 Å². The zero-order valence-corrected chi connectivity index (χ0v) is 12.2.